The molecule has 0 heterocycles. The van der Waals surface area contributed by atoms with E-state index in [4.69, 9.17) is 0 Å². The molecule has 2 rings (SSSR count). The van der Waals surface area contributed by atoms with Gasteiger partial charge in [0.15, 0.2) is 0 Å². The molecule has 1 aromatic rings. The minimum Gasteiger partial charge on any atom is -0.382 e. The first kappa shape index (κ1) is 13.4. The van der Waals surface area contributed by atoms with Gasteiger partial charge in [0, 0.05) is 11.7 Å². The number of hydrogen-bond donors (Lipinski definition) is 2. The summed E-state index contributed by atoms with van der Waals surface area (Å²) in [4.78, 5) is 0.298. The quantitative estimate of drug-likeness (QED) is 0.860. The van der Waals surface area contributed by atoms with Crippen LogP contribution in [0.3, 0.4) is 0 Å². The van der Waals surface area contributed by atoms with E-state index in [-0.39, 0.29) is 0 Å². The Balaban J connectivity index is 2.03. The Labute approximate surface area is 109 Å². The minimum absolute atomic E-state index is 0.298. The van der Waals surface area contributed by atoms with Gasteiger partial charge >= 0.3 is 0 Å². The molecule has 0 saturated heterocycles. The summed E-state index contributed by atoms with van der Waals surface area (Å²) in [6.07, 6.45) is 3.91. The maximum absolute atomic E-state index is 11.6. The van der Waals surface area contributed by atoms with Gasteiger partial charge in [0.2, 0.25) is 10.0 Å². The summed E-state index contributed by atoms with van der Waals surface area (Å²) in [6.45, 7) is 2.18. The van der Waals surface area contributed by atoms with E-state index in [0.29, 0.717) is 10.9 Å². The van der Waals surface area contributed by atoms with Crippen molar-refractivity contribution >= 4 is 15.7 Å². The fourth-order valence-electron chi connectivity index (χ4n) is 2.17. The minimum atomic E-state index is -3.33. The van der Waals surface area contributed by atoms with Crippen molar-refractivity contribution in [2.24, 2.45) is 5.92 Å². The van der Waals surface area contributed by atoms with E-state index >= 15 is 0 Å². The molecule has 0 aromatic heterocycles. The topological polar surface area (TPSA) is 58.2 Å². The van der Waals surface area contributed by atoms with Crippen molar-refractivity contribution < 1.29 is 8.42 Å². The van der Waals surface area contributed by atoms with E-state index in [2.05, 4.69) is 17.0 Å². The van der Waals surface area contributed by atoms with Crippen LogP contribution in [0.2, 0.25) is 0 Å². The van der Waals surface area contributed by atoms with Crippen molar-refractivity contribution in [3.05, 3.63) is 24.3 Å². The second-order valence-corrected chi connectivity index (χ2v) is 6.74. The summed E-state index contributed by atoms with van der Waals surface area (Å²) >= 11 is 0. The molecule has 0 radical (unpaired) electrons. The summed E-state index contributed by atoms with van der Waals surface area (Å²) in [7, 11) is -1.91. The molecule has 1 saturated carbocycles. The standard InChI is InChI=1S/C13H20N2O2S/c1-10(11-4-3-5-11)15-12-6-8-13(9-7-12)18(16,17)14-2/h6-11,14-15H,3-5H2,1-2H3. The summed E-state index contributed by atoms with van der Waals surface area (Å²) in [6, 6.07) is 7.34. The van der Waals surface area contributed by atoms with Gasteiger partial charge in [0.1, 0.15) is 0 Å². The molecule has 4 nitrogen and oxygen atoms in total. The lowest BCUT2D eigenvalue weighted by atomic mass is 9.80. The van der Waals surface area contributed by atoms with Gasteiger partial charge in [0.05, 0.1) is 4.90 Å². The second-order valence-electron chi connectivity index (χ2n) is 4.86. The lowest BCUT2D eigenvalue weighted by molar-refractivity contribution is 0.285. The molecule has 0 spiro atoms. The van der Waals surface area contributed by atoms with E-state index in [1.165, 1.54) is 26.3 Å². The number of anilines is 1. The van der Waals surface area contributed by atoms with Crippen LogP contribution in [0, 0.1) is 5.92 Å². The Morgan fingerprint density at radius 2 is 1.83 bits per heavy atom. The van der Waals surface area contributed by atoms with Gasteiger partial charge in [-0.1, -0.05) is 6.42 Å². The maximum Gasteiger partial charge on any atom is 0.240 e. The van der Waals surface area contributed by atoms with Crippen LogP contribution in [0.15, 0.2) is 29.2 Å². The van der Waals surface area contributed by atoms with Crippen LogP contribution in [0.25, 0.3) is 0 Å². The summed E-state index contributed by atoms with van der Waals surface area (Å²) < 4.78 is 25.4. The third-order valence-corrected chi connectivity index (χ3v) is 5.11. The highest BCUT2D eigenvalue weighted by Gasteiger charge is 2.23. The highest BCUT2D eigenvalue weighted by molar-refractivity contribution is 7.89. The maximum atomic E-state index is 11.6. The van der Waals surface area contributed by atoms with Crippen LogP contribution >= 0.6 is 0 Å². The van der Waals surface area contributed by atoms with E-state index in [9.17, 15) is 8.42 Å². The number of rotatable bonds is 5. The van der Waals surface area contributed by atoms with Crippen molar-refractivity contribution in [1.29, 1.82) is 0 Å². The van der Waals surface area contributed by atoms with Crippen molar-refractivity contribution in [2.75, 3.05) is 12.4 Å². The van der Waals surface area contributed by atoms with Gasteiger partial charge in [0.25, 0.3) is 0 Å². The predicted molar refractivity (Wildman–Crippen MR) is 73.1 cm³/mol. The third kappa shape index (κ3) is 2.84. The summed E-state index contributed by atoms with van der Waals surface area (Å²) in [5, 5.41) is 3.43. The molecule has 1 aliphatic carbocycles. The van der Waals surface area contributed by atoms with E-state index in [0.717, 1.165) is 11.6 Å². The van der Waals surface area contributed by atoms with Crippen LogP contribution in [-0.4, -0.2) is 21.5 Å². The molecule has 1 atom stereocenters. The number of benzene rings is 1. The molecular formula is C13H20N2O2S. The van der Waals surface area contributed by atoms with Gasteiger partial charge in [-0.3, -0.25) is 0 Å². The molecule has 1 aromatic carbocycles. The van der Waals surface area contributed by atoms with Crippen LogP contribution in [0.4, 0.5) is 5.69 Å². The molecule has 100 valence electrons. The first-order chi connectivity index (χ1) is 8.53. The Morgan fingerprint density at radius 3 is 2.28 bits per heavy atom. The van der Waals surface area contributed by atoms with E-state index in [1.54, 1.807) is 12.1 Å². The van der Waals surface area contributed by atoms with Crippen molar-refractivity contribution in [2.45, 2.75) is 37.1 Å². The highest BCUT2D eigenvalue weighted by Crippen LogP contribution is 2.31. The molecule has 2 N–H and O–H groups in total. The normalized spacial score (nSPS) is 18.1. The third-order valence-electron chi connectivity index (χ3n) is 3.68. The van der Waals surface area contributed by atoms with Crippen LogP contribution < -0.4 is 10.0 Å². The lowest BCUT2D eigenvalue weighted by Crippen LogP contribution is -2.30. The zero-order chi connectivity index (χ0) is 13.2. The number of sulfonamides is 1. The summed E-state index contributed by atoms with van der Waals surface area (Å²) in [5.74, 6) is 0.755. The molecule has 0 bridgehead atoms. The van der Waals surface area contributed by atoms with Crippen molar-refractivity contribution in [3.63, 3.8) is 0 Å². The Kier molecular flexibility index (Phi) is 3.92. The average Bonchev–Trinajstić information content (AvgIpc) is 2.27. The Morgan fingerprint density at radius 1 is 1.22 bits per heavy atom. The molecule has 0 amide bonds. The van der Waals surface area contributed by atoms with Gasteiger partial charge in [-0.25, -0.2) is 13.1 Å². The molecule has 18 heavy (non-hydrogen) atoms. The fraction of sp³-hybridized carbons (Fsp3) is 0.538. The monoisotopic (exact) mass is 268 g/mol. The Bertz CT molecular complexity index is 492. The highest BCUT2D eigenvalue weighted by atomic mass is 32.2. The zero-order valence-electron chi connectivity index (χ0n) is 10.8. The Hall–Kier alpha value is -1.07. The smallest absolute Gasteiger partial charge is 0.240 e. The molecule has 1 unspecified atom stereocenters. The van der Waals surface area contributed by atoms with Gasteiger partial charge in [-0.2, -0.15) is 0 Å². The predicted octanol–water partition coefficient (Wildman–Crippen LogP) is 2.20. The van der Waals surface area contributed by atoms with Crippen LogP contribution in [0.5, 0.6) is 0 Å². The van der Waals surface area contributed by atoms with Gasteiger partial charge < -0.3 is 5.32 Å². The van der Waals surface area contributed by atoms with Crippen molar-refractivity contribution in [3.8, 4) is 0 Å². The van der Waals surface area contributed by atoms with Crippen LogP contribution in [-0.2, 0) is 10.0 Å². The molecule has 1 aliphatic rings. The van der Waals surface area contributed by atoms with Crippen LogP contribution in [0.1, 0.15) is 26.2 Å². The SMILES string of the molecule is CNS(=O)(=O)c1ccc(NC(C)C2CCC2)cc1. The summed E-state index contributed by atoms with van der Waals surface area (Å²) in [5.41, 5.74) is 0.976. The average molecular weight is 268 g/mol. The first-order valence-corrected chi connectivity index (χ1v) is 7.81. The first-order valence-electron chi connectivity index (χ1n) is 6.33. The molecule has 1 fully saturated rings. The van der Waals surface area contributed by atoms with Crippen molar-refractivity contribution in [1.82, 2.24) is 4.72 Å². The molecule has 5 heteroatoms. The van der Waals surface area contributed by atoms with E-state index < -0.39 is 10.0 Å². The van der Waals surface area contributed by atoms with Gasteiger partial charge in [-0.05, 0) is 57.0 Å². The zero-order valence-corrected chi connectivity index (χ0v) is 11.6. The molecular weight excluding hydrogens is 248 g/mol. The largest absolute Gasteiger partial charge is 0.382 e. The number of hydrogen-bond acceptors (Lipinski definition) is 3. The number of nitrogens with one attached hydrogen (secondary N) is 2. The van der Waals surface area contributed by atoms with E-state index in [1.807, 2.05) is 12.1 Å². The fourth-order valence-corrected chi connectivity index (χ4v) is 2.90. The molecule has 0 aliphatic heterocycles. The lowest BCUT2D eigenvalue weighted by Gasteiger charge is -2.32. The van der Waals surface area contributed by atoms with Gasteiger partial charge in [-0.15, -0.1) is 0 Å². The second kappa shape index (κ2) is 5.28.